The topological polar surface area (TPSA) is 164 Å². The molecular formula is C46H52F6N6O8. The van der Waals surface area contributed by atoms with Crippen molar-refractivity contribution in [2.75, 3.05) is 59.1 Å². The van der Waals surface area contributed by atoms with E-state index in [9.17, 15) is 55.4 Å². The maximum atomic E-state index is 14.7. The average molecular weight is 931 g/mol. The molecule has 66 heavy (non-hydrogen) atoms. The Hall–Kier alpha value is -5.50. The van der Waals surface area contributed by atoms with Crippen molar-refractivity contribution in [3.63, 3.8) is 0 Å². The van der Waals surface area contributed by atoms with E-state index >= 15 is 0 Å². The monoisotopic (exact) mass is 930 g/mol. The lowest BCUT2D eigenvalue weighted by atomic mass is 9.70. The van der Waals surface area contributed by atoms with Gasteiger partial charge in [0, 0.05) is 64.1 Å². The smallest absolute Gasteiger partial charge is 0.416 e. The number of rotatable bonds is 13. The number of amides is 4. The molecule has 8 rings (SSSR count). The molecule has 1 spiro atoms. The van der Waals surface area contributed by atoms with Crippen molar-refractivity contribution in [2.45, 2.75) is 82.4 Å². The first-order valence-corrected chi connectivity index (χ1v) is 22.2. The number of alkyl halides is 6. The quantitative estimate of drug-likeness (QED) is 0.208. The minimum atomic E-state index is -4.75. The molecule has 14 nitrogen and oxygen atoms in total. The molecule has 1 saturated carbocycles. The summed E-state index contributed by atoms with van der Waals surface area (Å²) in [4.78, 5) is 72.2. The molecule has 1 aliphatic carbocycles. The van der Waals surface area contributed by atoms with Gasteiger partial charge in [-0.15, -0.1) is 0 Å². The van der Waals surface area contributed by atoms with Crippen LogP contribution < -0.4 is 5.32 Å². The molecule has 20 heteroatoms. The molecule has 3 aromatic rings. The van der Waals surface area contributed by atoms with Crippen LogP contribution in [0.5, 0.6) is 0 Å². The lowest BCUT2D eigenvalue weighted by Gasteiger charge is -2.51. The van der Waals surface area contributed by atoms with Crippen molar-refractivity contribution in [2.24, 2.45) is 22.7 Å². The number of carboxylic acid groups (broad SMARTS) is 1. The minimum Gasteiger partial charge on any atom is -0.478 e. The van der Waals surface area contributed by atoms with Gasteiger partial charge in [-0.2, -0.15) is 31.4 Å². The van der Waals surface area contributed by atoms with Crippen molar-refractivity contribution >= 4 is 29.6 Å². The number of carbonyl (C=O) groups is 5. The largest absolute Gasteiger partial charge is 0.478 e. The summed E-state index contributed by atoms with van der Waals surface area (Å²) in [7, 11) is 0. The van der Waals surface area contributed by atoms with E-state index in [2.05, 4.69) is 10.4 Å². The number of nitrogens with one attached hydrogen (secondary N) is 1. The third-order valence-electron chi connectivity index (χ3n) is 14.2. The molecule has 2 aromatic carbocycles. The highest BCUT2D eigenvalue weighted by Gasteiger charge is 2.71. The van der Waals surface area contributed by atoms with E-state index in [4.69, 9.17) is 9.47 Å². The summed E-state index contributed by atoms with van der Waals surface area (Å²) >= 11 is 0. The fraction of sp³-hybridized carbons (Fsp3) is 0.565. The zero-order chi connectivity index (χ0) is 47.2. The molecule has 4 amide bonds. The Morgan fingerprint density at radius 2 is 1.50 bits per heavy atom. The number of nitrogens with zero attached hydrogens (tertiary/aromatic N) is 5. The molecule has 3 atom stereocenters. The van der Waals surface area contributed by atoms with Gasteiger partial charge in [-0.3, -0.25) is 23.9 Å². The molecule has 0 radical (unpaired) electrons. The van der Waals surface area contributed by atoms with E-state index in [0.29, 0.717) is 51.3 Å². The highest BCUT2D eigenvalue weighted by atomic mass is 19.4. The van der Waals surface area contributed by atoms with Crippen molar-refractivity contribution in [3.05, 3.63) is 88.7 Å². The number of piperidine rings is 1. The molecule has 4 aliphatic heterocycles. The Bertz CT molecular complexity index is 2280. The maximum Gasteiger partial charge on any atom is 0.416 e. The fourth-order valence-corrected chi connectivity index (χ4v) is 9.90. The van der Waals surface area contributed by atoms with Gasteiger partial charge in [0.2, 0.25) is 17.7 Å². The van der Waals surface area contributed by atoms with Gasteiger partial charge in [-0.25, -0.2) is 4.79 Å². The lowest BCUT2D eigenvalue weighted by molar-refractivity contribution is -0.205. The van der Waals surface area contributed by atoms with Crippen molar-refractivity contribution in [1.29, 1.82) is 0 Å². The predicted molar refractivity (Wildman–Crippen MR) is 222 cm³/mol. The summed E-state index contributed by atoms with van der Waals surface area (Å²) in [6.07, 6.45) is -5.42. The first-order valence-electron chi connectivity index (χ1n) is 22.2. The number of halogens is 6. The van der Waals surface area contributed by atoms with Crippen molar-refractivity contribution in [1.82, 2.24) is 29.8 Å². The van der Waals surface area contributed by atoms with Gasteiger partial charge >= 0.3 is 18.3 Å². The van der Waals surface area contributed by atoms with E-state index in [1.54, 1.807) is 36.1 Å². The van der Waals surface area contributed by atoms with Crippen LogP contribution in [0.15, 0.2) is 60.9 Å². The van der Waals surface area contributed by atoms with E-state index < -0.39 is 76.4 Å². The van der Waals surface area contributed by atoms with Crippen LogP contribution in [0, 0.1) is 22.7 Å². The van der Waals surface area contributed by atoms with Gasteiger partial charge in [0.25, 0.3) is 5.91 Å². The third-order valence-corrected chi connectivity index (χ3v) is 14.2. The Kier molecular flexibility index (Phi) is 13.0. The Morgan fingerprint density at radius 3 is 2.09 bits per heavy atom. The van der Waals surface area contributed by atoms with E-state index in [-0.39, 0.29) is 68.5 Å². The number of carboxylic acids is 1. The fourth-order valence-electron chi connectivity index (χ4n) is 9.90. The Morgan fingerprint density at radius 1 is 0.864 bits per heavy atom. The number of ether oxygens (including phenoxy) is 2. The number of benzene rings is 2. The summed E-state index contributed by atoms with van der Waals surface area (Å²) in [6, 6.07) is 9.92. The second-order valence-corrected chi connectivity index (χ2v) is 18.6. The van der Waals surface area contributed by atoms with Crippen LogP contribution in [0.4, 0.5) is 26.3 Å². The van der Waals surface area contributed by atoms with Gasteiger partial charge < -0.3 is 34.6 Å². The summed E-state index contributed by atoms with van der Waals surface area (Å²) < 4.78 is 94.8. The van der Waals surface area contributed by atoms with Crippen molar-refractivity contribution < 1.29 is 64.9 Å². The normalized spacial score (nSPS) is 21.9. The standard InChI is InChI=1S/C46H52F6N6O8/c1-28(66-24-30-12-18-65-19-13-30)37(40(61)55-16-10-32(11-17-55)31-4-6-33(7-5-31)41(62)63)54-38(59)36-23-56(25-43(36)26-57(27-43)42(64)44(14-15-44)46(50,51)52)39(60)34-20-53-58(22-34)21-29-2-8-35(9-3-29)45(47,48)49/h2-9,20,22,28,30,32,36-37H,10-19,21,23-27H2,1H3,(H,54,59)(H,62,63)/t28-,36+,37+/m1/s1. The number of aromatic carboxylic acids is 1. The van der Waals surface area contributed by atoms with E-state index in [1.807, 2.05) is 0 Å². The molecule has 1 aromatic heterocycles. The van der Waals surface area contributed by atoms with Gasteiger partial charge in [0.15, 0.2) is 0 Å². The van der Waals surface area contributed by atoms with E-state index in [1.165, 1.54) is 34.1 Å². The molecule has 356 valence electrons. The maximum absolute atomic E-state index is 14.7. The average Bonchev–Trinajstić information content (AvgIpc) is 3.83. The Labute approximate surface area is 376 Å². The van der Waals surface area contributed by atoms with Gasteiger partial charge in [0.1, 0.15) is 11.5 Å². The highest BCUT2D eigenvalue weighted by Crippen LogP contribution is 2.60. The summed E-state index contributed by atoms with van der Waals surface area (Å²) in [5.74, 6) is -4.50. The van der Waals surface area contributed by atoms with Gasteiger partial charge in [0.05, 0.1) is 48.1 Å². The van der Waals surface area contributed by atoms with Crippen LogP contribution in [-0.2, 0) is 36.6 Å². The molecular weight excluding hydrogens is 879 g/mol. The number of hydrogen-bond acceptors (Lipinski definition) is 8. The van der Waals surface area contributed by atoms with Crippen LogP contribution in [0.1, 0.15) is 88.8 Å². The minimum absolute atomic E-state index is 0.0418. The molecule has 4 saturated heterocycles. The lowest BCUT2D eigenvalue weighted by Crippen LogP contribution is -2.67. The summed E-state index contributed by atoms with van der Waals surface area (Å²) in [5.41, 5.74) is -2.76. The molecule has 5 heterocycles. The zero-order valence-corrected chi connectivity index (χ0v) is 36.3. The van der Waals surface area contributed by atoms with Gasteiger partial charge in [-0.05, 0) is 92.7 Å². The van der Waals surface area contributed by atoms with Crippen molar-refractivity contribution in [3.8, 4) is 0 Å². The molecule has 2 N–H and O–H groups in total. The van der Waals surface area contributed by atoms with Crippen LogP contribution in [0.3, 0.4) is 0 Å². The van der Waals surface area contributed by atoms with Crippen LogP contribution >= 0.6 is 0 Å². The van der Waals surface area contributed by atoms with Gasteiger partial charge in [-0.1, -0.05) is 24.3 Å². The highest BCUT2D eigenvalue weighted by molar-refractivity contribution is 5.96. The van der Waals surface area contributed by atoms with Crippen LogP contribution in [0.25, 0.3) is 0 Å². The third kappa shape index (κ3) is 9.66. The summed E-state index contributed by atoms with van der Waals surface area (Å²) in [6.45, 7) is 3.11. The number of aromatic nitrogens is 2. The second kappa shape index (κ2) is 18.3. The van der Waals surface area contributed by atoms with E-state index in [0.717, 1.165) is 35.4 Å². The number of likely N-dealkylation sites (tertiary alicyclic amines) is 3. The molecule has 5 fully saturated rings. The van der Waals surface area contributed by atoms with Crippen LogP contribution in [0.2, 0.25) is 0 Å². The Balaban J connectivity index is 0.999. The number of hydrogen-bond donors (Lipinski definition) is 2. The molecule has 0 unspecified atom stereocenters. The van der Waals surface area contributed by atoms with Crippen LogP contribution in [-0.4, -0.2) is 137 Å². The predicted octanol–water partition coefficient (Wildman–Crippen LogP) is 5.61. The first kappa shape index (κ1) is 47.0. The molecule has 5 aliphatic rings. The summed E-state index contributed by atoms with van der Waals surface area (Å²) in [5, 5.41) is 16.5. The zero-order valence-electron chi connectivity index (χ0n) is 36.3. The second-order valence-electron chi connectivity index (χ2n) is 18.6. The first-order chi connectivity index (χ1) is 31.3. The SMILES string of the molecule is C[C@@H](OCC1CCOCC1)[C@H](NC(=O)[C@@H]1CN(C(=O)c2cnn(Cc3ccc(C(F)(F)F)cc3)c2)CC12CN(C(=O)C1(C(F)(F)F)CC1)C2)C(=O)N1CCC(c2ccc(C(=O)O)cc2)CC1. The number of carbonyl (C=O) groups excluding carboxylic acids is 4. The molecule has 0 bridgehead atoms.